The SMILES string of the molecule is COC(=O)CC(NC(=O)Cn1cnc2scc(-c3cccs3)c2c1=O)c1ccc(Cl)cc1. The summed E-state index contributed by atoms with van der Waals surface area (Å²) in [6.07, 6.45) is 1.32. The van der Waals surface area contributed by atoms with Crippen molar-refractivity contribution < 1.29 is 14.3 Å². The van der Waals surface area contributed by atoms with Gasteiger partial charge in [0.05, 0.1) is 31.3 Å². The highest BCUT2D eigenvalue weighted by Gasteiger charge is 2.20. The Balaban J connectivity index is 1.58. The van der Waals surface area contributed by atoms with Crippen LogP contribution in [0.3, 0.4) is 0 Å². The number of aromatic nitrogens is 2. The molecule has 4 aromatic rings. The third kappa shape index (κ3) is 4.74. The Morgan fingerprint density at radius 1 is 1.22 bits per heavy atom. The minimum absolute atomic E-state index is 0.0525. The average Bonchev–Trinajstić information content (AvgIpc) is 3.45. The average molecular weight is 488 g/mol. The normalized spacial score (nSPS) is 11.9. The molecular formula is C22H18ClN3O4S2. The van der Waals surface area contributed by atoms with Crippen molar-refractivity contribution in [2.75, 3.05) is 7.11 Å². The summed E-state index contributed by atoms with van der Waals surface area (Å²) < 4.78 is 6.03. The number of halogens is 1. The summed E-state index contributed by atoms with van der Waals surface area (Å²) in [5, 5.41) is 7.70. The van der Waals surface area contributed by atoms with Crippen LogP contribution in [-0.2, 0) is 20.9 Å². The Kier molecular flexibility index (Phi) is 6.69. The van der Waals surface area contributed by atoms with E-state index in [1.807, 2.05) is 22.9 Å². The van der Waals surface area contributed by atoms with Crippen molar-refractivity contribution in [1.29, 1.82) is 0 Å². The third-order valence-corrected chi connectivity index (χ3v) is 6.91. The van der Waals surface area contributed by atoms with Crippen LogP contribution in [0.4, 0.5) is 0 Å². The van der Waals surface area contributed by atoms with E-state index >= 15 is 0 Å². The Morgan fingerprint density at radius 2 is 2.00 bits per heavy atom. The lowest BCUT2D eigenvalue weighted by atomic mass is 10.0. The molecule has 10 heteroatoms. The van der Waals surface area contributed by atoms with E-state index in [1.54, 1.807) is 24.3 Å². The highest BCUT2D eigenvalue weighted by Crippen LogP contribution is 2.33. The van der Waals surface area contributed by atoms with Crippen LogP contribution in [0.5, 0.6) is 0 Å². The highest BCUT2D eigenvalue weighted by atomic mass is 35.5. The van der Waals surface area contributed by atoms with Crippen molar-refractivity contribution >= 4 is 56.4 Å². The van der Waals surface area contributed by atoms with E-state index < -0.39 is 17.9 Å². The van der Waals surface area contributed by atoms with Gasteiger partial charge >= 0.3 is 5.97 Å². The zero-order valence-corrected chi connectivity index (χ0v) is 19.3. The fourth-order valence-electron chi connectivity index (χ4n) is 3.29. The molecule has 0 aliphatic heterocycles. The molecule has 7 nitrogen and oxygen atoms in total. The van der Waals surface area contributed by atoms with Gasteiger partial charge in [-0.1, -0.05) is 29.8 Å². The second-order valence-electron chi connectivity index (χ2n) is 6.94. The van der Waals surface area contributed by atoms with Crippen LogP contribution in [0, 0.1) is 0 Å². The fourth-order valence-corrected chi connectivity index (χ4v) is 5.13. The van der Waals surface area contributed by atoms with Gasteiger partial charge in [0.2, 0.25) is 5.91 Å². The van der Waals surface area contributed by atoms with Gasteiger partial charge in [-0.3, -0.25) is 19.0 Å². The number of nitrogens with zero attached hydrogens (tertiary/aromatic N) is 2. The fraction of sp³-hybridized carbons (Fsp3) is 0.182. The molecule has 4 rings (SSSR count). The molecule has 1 amide bonds. The van der Waals surface area contributed by atoms with Gasteiger partial charge in [-0.15, -0.1) is 22.7 Å². The maximum absolute atomic E-state index is 13.1. The van der Waals surface area contributed by atoms with Crippen molar-refractivity contribution in [2.24, 2.45) is 0 Å². The number of thiophene rings is 2. The maximum atomic E-state index is 13.1. The number of carbonyl (C=O) groups is 2. The van der Waals surface area contributed by atoms with Gasteiger partial charge in [-0.05, 0) is 29.1 Å². The van der Waals surface area contributed by atoms with E-state index in [2.05, 4.69) is 10.3 Å². The lowest BCUT2D eigenvalue weighted by molar-refractivity contribution is -0.141. The topological polar surface area (TPSA) is 90.3 Å². The van der Waals surface area contributed by atoms with Crippen molar-refractivity contribution in [3.8, 4) is 10.4 Å². The molecule has 0 radical (unpaired) electrons. The Labute approximate surface area is 196 Å². The van der Waals surface area contributed by atoms with E-state index in [4.69, 9.17) is 16.3 Å². The molecule has 32 heavy (non-hydrogen) atoms. The second kappa shape index (κ2) is 9.64. The number of carbonyl (C=O) groups excluding carboxylic acids is 2. The zero-order valence-electron chi connectivity index (χ0n) is 16.9. The Bertz CT molecular complexity index is 1310. The first-order valence-electron chi connectivity index (χ1n) is 9.58. The number of methoxy groups -OCH3 is 1. The molecule has 0 spiro atoms. The van der Waals surface area contributed by atoms with Crippen molar-refractivity contribution in [3.05, 3.63) is 74.4 Å². The van der Waals surface area contributed by atoms with Gasteiger partial charge in [0.1, 0.15) is 11.4 Å². The van der Waals surface area contributed by atoms with Crippen LogP contribution in [0.1, 0.15) is 18.0 Å². The summed E-state index contributed by atoms with van der Waals surface area (Å²) in [5.74, 6) is -0.894. The molecule has 1 N–H and O–H groups in total. The molecule has 164 valence electrons. The van der Waals surface area contributed by atoms with Crippen LogP contribution in [0.25, 0.3) is 20.7 Å². The molecule has 0 fully saturated rings. The molecule has 1 unspecified atom stereocenters. The standard InChI is InChI=1S/C22H18ClN3O4S2/c1-30-19(28)9-16(13-4-6-14(23)7-5-13)25-18(27)10-26-12-24-21-20(22(26)29)15(11-32-21)17-3-2-8-31-17/h2-8,11-12,16H,9-10H2,1H3,(H,25,27). The summed E-state index contributed by atoms with van der Waals surface area (Å²) in [6.45, 7) is -0.229. The van der Waals surface area contributed by atoms with Crippen LogP contribution in [0.2, 0.25) is 5.02 Å². The van der Waals surface area contributed by atoms with Gasteiger partial charge < -0.3 is 10.1 Å². The molecule has 0 bridgehead atoms. The molecule has 0 saturated heterocycles. The van der Waals surface area contributed by atoms with E-state index in [-0.39, 0.29) is 18.5 Å². The van der Waals surface area contributed by atoms with Gasteiger partial charge in [0, 0.05) is 20.8 Å². The van der Waals surface area contributed by atoms with Crippen LogP contribution in [-0.4, -0.2) is 28.5 Å². The quantitative estimate of drug-likeness (QED) is 0.393. The number of esters is 1. The molecule has 0 aliphatic rings. The van der Waals surface area contributed by atoms with Crippen molar-refractivity contribution in [2.45, 2.75) is 19.0 Å². The molecular weight excluding hydrogens is 470 g/mol. The smallest absolute Gasteiger partial charge is 0.307 e. The van der Waals surface area contributed by atoms with E-state index in [0.717, 1.165) is 10.4 Å². The lowest BCUT2D eigenvalue weighted by Gasteiger charge is -2.18. The lowest BCUT2D eigenvalue weighted by Crippen LogP contribution is -2.35. The Morgan fingerprint density at radius 3 is 2.69 bits per heavy atom. The number of hydrogen-bond acceptors (Lipinski definition) is 7. The Hall–Kier alpha value is -3.01. The van der Waals surface area contributed by atoms with Crippen molar-refractivity contribution in [1.82, 2.24) is 14.9 Å². The minimum atomic E-state index is -0.623. The monoisotopic (exact) mass is 487 g/mol. The third-order valence-electron chi connectivity index (χ3n) is 4.87. The number of rotatable bonds is 7. The number of ether oxygens (including phenoxy) is 1. The van der Waals surface area contributed by atoms with Gasteiger partial charge in [-0.2, -0.15) is 0 Å². The molecule has 1 atom stereocenters. The number of fused-ring (bicyclic) bond motifs is 1. The molecule has 1 aromatic carbocycles. The number of benzene rings is 1. The number of hydrogen-bond donors (Lipinski definition) is 1. The minimum Gasteiger partial charge on any atom is -0.469 e. The summed E-state index contributed by atoms with van der Waals surface area (Å²) in [4.78, 5) is 43.7. The van der Waals surface area contributed by atoms with Crippen LogP contribution >= 0.6 is 34.3 Å². The van der Waals surface area contributed by atoms with Crippen LogP contribution in [0.15, 0.2) is 58.3 Å². The first-order chi connectivity index (χ1) is 15.5. The first kappa shape index (κ1) is 22.2. The van der Waals surface area contributed by atoms with Gasteiger partial charge in [0.15, 0.2) is 0 Å². The van der Waals surface area contributed by atoms with Gasteiger partial charge in [0.25, 0.3) is 5.56 Å². The molecule has 3 aromatic heterocycles. The van der Waals surface area contributed by atoms with E-state index in [1.165, 1.54) is 40.7 Å². The first-order valence-corrected chi connectivity index (χ1v) is 11.7. The summed E-state index contributed by atoms with van der Waals surface area (Å²) in [6, 6.07) is 10.1. The summed E-state index contributed by atoms with van der Waals surface area (Å²) >= 11 is 8.87. The molecule has 0 aliphatic carbocycles. The number of nitrogens with one attached hydrogen (secondary N) is 1. The summed E-state index contributed by atoms with van der Waals surface area (Å²) in [7, 11) is 1.29. The predicted molar refractivity (Wildman–Crippen MR) is 126 cm³/mol. The number of amides is 1. The summed E-state index contributed by atoms with van der Waals surface area (Å²) in [5.41, 5.74) is 1.23. The predicted octanol–water partition coefficient (Wildman–Crippen LogP) is 4.26. The van der Waals surface area contributed by atoms with Crippen molar-refractivity contribution in [3.63, 3.8) is 0 Å². The van der Waals surface area contributed by atoms with Crippen LogP contribution < -0.4 is 10.9 Å². The molecule has 0 saturated carbocycles. The zero-order chi connectivity index (χ0) is 22.7. The largest absolute Gasteiger partial charge is 0.469 e. The highest BCUT2D eigenvalue weighted by molar-refractivity contribution is 7.18. The maximum Gasteiger partial charge on any atom is 0.307 e. The van der Waals surface area contributed by atoms with E-state index in [9.17, 15) is 14.4 Å². The molecule has 3 heterocycles. The second-order valence-corrected chi connectivity index (χ2v) is 9.18. The van der Waals surface area contributed by atoms with Gasteiger partial charge in [-0.25, -0.2) is 4.98 Å². The van der Waals surface area contributed by atoms with E-state index in [0.29, 0.717) is 20.8 Å².